The number of hydrogen-bond acceptors (Lipinski definition) is 1. The Labute approximate surface area is 154 Å². The maximum atomic E-state index is 10.2. The standard InChI is InChI=1S/C24H34O/c1-5-10-19-15-16-20(23(12-7-3)22(19)11-6-2)17-18(4)21-13-8-9-14-24(21)25/h8-9,13-16,18,25H,5-7,10-12,17H2,1-4H3. The number of aryl methyl sites for hydroxylation is 1. The fraction of sp³-hybridized carbons (Fsp3) is 0.500. The molecule has 2 aromatic carbocycles. The Balaban J connectivity index is 2.39. The number of aromatic hydroxyl groups is 1. The summed E-state index contributed by atoms with van der Waals surface area (Å²) in [6.45, 7) is 9.05. The second kappa shape index (κ2) is 9.65. The van der Waals surface area contributed by atoms with Gasteiger partial charge in [0.05, 0.1) is 0 Å². The van der Waals surface area contributed by atoms with Gasteiger partial charge in [0.25, 0.3) is 0 Å². The Morgan fingerprint density at radius 3 is 1.92 bits per heavy atom. The van der Waals surface area contributed by atoms with Gasteiger partial charge in [-0.3, -0.25) is 0 Å². The Hall–Kier alpha value is -1.76. The topological polar surface area (TPSA) is 20.2 Å². The van der Waals surface area contributed by atoms with Crippen LogP contribution < -0.4 is 0 Å². The third kappa shape index (κ3) is 4.87. The van der Waals surface area contributed by atoms with Crippen molar-refractivity contribution in [2.45, 2.75) is 78.6 Å². The predicted molar refractivity (Wildman–Crippen MR) is 109 cm³/mol. The van der Waals surface area contributed by atoms with E-state index in [-0.39, 0.29) is 0 Å². The van der Waals surface area contributed by atoms with Crippen molar-refractivity contribution in [2.75, 3.05) is 0 Å². The molecule has 25 heavy (non-hydrogen) atoms. The van der Waals surface area contributed by atoms with Crippen LogP contribution in [0, 0.1) is 0 Å². The van der Waals surface area contributed by atoms with Crippen LogP contribution in [0.4, 0.5) is 0 Å². The van der Waals surface area contributed by atoms with Gasteiger partial charge < -0.3 is 5.11 Å². The summed E-state index contributed by atoms with van der Waals surface area (Å²) in [6.07, 6.45) is 8.11. The molecule has 0 fully saturated rings. The summed E-state index contributed by atoms with van der Waals surface area (Å²) < 4.78 is 0. The Morgan fingerprint density at radius 2 is 1.32 bits per heavy atom. The van der Waals surface area contributed by atoms with Crippen LogP contribution >= 0.6 is 0 Å². The Bertz CT molecular complexity index is 672. The third-order valence-corrected chi connectivity index (χ3v) is 5.14. The van der Waals surface area contributed by atoms with Gasteiger partial charge in [-0.05, 0) is 65.5 Å². The number of rotatable bonds is 9. The lowest BCUT2D eigenvalue weighted by Crippen LogP contribution is -2.08. The van der Waals surface area contributed by atoms with Crippen molar-refractivity contribution in [2.24, 2.45) is 0 Å². The van der Waals surface area contributed by atoms with E-state index in [1.54, 1.807) is 22.8 Å². The molecular formula is C24H34O. The minimum absolute atomic E-state index is 0.323. The molecule has 136 valence electrons. The van der Waals surface area contributed by atoms with Crippen molar-refractivity contribution >= 4 is 0 Å². The molecule has 1 atom stereocenters. The number of hydrogen-bond donors (Lipinski definition) is 1. The van der Waals surface area contributed by atoms with Gasteiger partial charge in [0.2, 0.25) is 0 Å². The lowest BCUT2D eigenvalue weighted by atomic mass is 9.84. The molecule has 1 heteroatoms. The molecule has 0 aliphatic carbocycles. The molecule has 0 saturated carbocycles. The van der Waals surface area contributed by atoms with Gasteiger partial charge in [0, 0.05) is 0 Å². The van der Waals surface area contributed by atoms with E-state index in [0.29, 0.717) is 11.7 Å². The lowest BCUT2D eigenvalue weighted by molar-refractivity contribution is 0.462. The molecule has 2 rings (SSSR count). The quantitative estimate of drug-likeness (QED) is 0.546. The van der Waals surface area contributed by atoms with E-state index in [0.717, 1.165) is 18.4 Å². The summed E-state index contributed by atoms with van der Waals surface area (Å²) in [5.41, 5.74) is 7.26. The molecule has 0 heterocycles. The van der Waals surface area contributed by atoms with E-state index < -0.39 is 0 Å². The maximum absolute atomic E-state index is 10.2. The number of phenols is 1. The molecule has 0 radical (unpaired) electrons. The first-order valence-corrected chi connectivity index (χ1v) is 10.0. The molecule has 0 spiro atoms. The van der Waals surface area contributed by atoms with E-state index >= 15 is 0 Å². The molecule has 0 aliphatic rings. The summed E-state index contributed by atoms with van der Waals surface area (Å²) >= 11 is 0. The van der Waals surface area contributed by atoms with Crippen LogP contribution in [0.3, 0.4) is 0 Å². The zero-order valence-electron chi connectivity index (χ0n) is 16.4. The van der Waals surface area contributed by atoms with E-state index in [4.69, 9.17) is 0 Å². The third-order valence-electron chi connectivity index (χ3n) is 5.14. The number of phenolic OH excluding ortho intramolecular Hbond substituents is 1. The first-order valence-electron chi connectivity index (χ1n) is 10.0. The van der Waals surface area contributed by atoms with Crippen molar-refractivity contribution in [1.82, 2.24) is 0 Å². The van der Waals surface area contributed by atoms with Crippen LogP contribution in [-0.4, -0.2) is 5.11 Å². The monoisotopic (exact) mass is 338 g/mol. The van der Waals surface area contributed by atoms with Gasteiger partial charge >= 0.3 is 0 Å². The van der Waals surface area contributed by atoms with Crippen LogP contribution in [0.15, 0.2) is 36.4 Å². The van der Waals surface area contributed by atoms with Crippen molar-refractivity contribution in [1.29, 1.82) is 0 Å². The SMILES string of the molecule is CCCc1ccc(CC(C)c2ccccc2O)c(CCC)c1CCC. The highest BCUT2D eigenvalue weighted by molar-refractivity contribution is 5.44. The molecule has 2 aromatic rings. The molecule has 1 nitrogen and oxygen atoms in total. The molecule has 1 unspecified atom stereocenters. The molecule has 0 saturated heterocycles. The highest BCUT2D eigenvalue weighted by Crippen LogP contribution is 2.31. The molecular weight excluding hydrogens is 304 g/mol. The summed E-state index contributed by atoms with van der Waals surface area (Å²) in [4.78, 5) is 0. The Morgan fingerprint density at radius 1 is 0.760 bits per heavy atom. The van der Waals surface area contributed by atoms with Gasteiger partial charge in [-0.15, -0.1) is 0 Å². The van der Waals surface area contributed by atoms with Crippen molar-refractivity contribution in [3.05, 3.63) is 64.2 Å². The summed E-state index contributed by atoms with van der Waals surface area (Å²) in [7, 11) is 0. The van der Waals surface area contributed by atoms with Gasteiger partial charge in [-0.25, -0.2) is 0 Å². The van der Waals surface area contributed by atoms with Crippen molar-refractivity contribution in [3.8, 4) is 5.75 Å². The largest absolute Gasteiger partial charge is 0.508 e. The summed E-state index contributed by atoms with van der Waals surface area (Å²) in [6, 6.07) is 12.5. The first kappa shape index (κ1) is 19.6. The molecule has 1 N–H and O–H groups in total. The van der Waals surface area contributed by atoms with Crippen LogP contribution in [-0.2, 0) is 25.7 Å². The summed E-state index contributed by atoms with van der Waals surface area (Å²) in [5, 5.41) is 10.2. The van der Waals surface area contributed by atoms with Crippen molar-refractivity contribution in [3.63, 3.8) is 0 Å². The number of para-hydroxylation sites is 1. The maximum Gasteiger partial charge on any atom is 0.119 e. The average Bonchev–Trinajstić information content (AvgIpc) is 2.60. The zero-order valence-corrected chi connectivity index (χ0v) is 16.4. The molecule has 0 amide bonds. The Kier molecular flexibility index (Phi) is 7.55. The van der Waals surface area contributed by atoms with E-state index in [9.17, 15) is 5.11 Å². The lowest BCUT2D eigenvalue weighted by Gasteiger charge is -2.21. The van der Waals surface area contributed by atoms with Gasteiger partial charge in [-0.2, -0.15) is 0 Å². The van der Waals surface area contributed by atoms with Gasteiger partial charge in [0.1, 0.15) is 5.75 Å². The van der Waals surface area contributed by atoms with E-state index in [2.05, 4.69) is 45.9 Å². The van der Waals surface area contributed by atoms with Crippen molar-refractivity contribution < 1.29 is 5.11 Å². The van der Waals surface area contributed by atoms with Gasteiger partial charge in [-0.1, -0.05) is 77.3 Å². The fourth-order valence-corrected chi connectivity index (χ4v) is 3.95. The minimum atomic E-state index is 0.323. The highest BCUT2D eigenvalue weighted by atomic mass is 16.3. The van der Waals surface area contributed by atoms with E-state index in [1.807, 2.05) is 12.1 Å². The van der Waals surface area contributed by atoms with Crippen LogP contribution in [0.25, 0.3) is 0 Å². The van der Waals surface area contributed by atoms with Crippen LogP contribution in [0.5, 0.6) is 5.75 Å². The predicted octanol–water partition coefficient (Wildman–Crippen LogP) is 6.60. The number of benzene rings is 2. The fourth-order valence-electron chi connectivity index (χ4n) is 3.95. The van der Waals surface area contributed by atoms with Gasteiger partial charge in [0.15, 0.2) is 0 Å². The van der Waals surface area contributed by atoms with Crippen LogP contribution in [0.2, 0.25) is 0 Å². The minimum Gasteiger partial charge on any atom is -0.508 e. The highest BCUT2D eigenvalue weighted by Gasteiger charge is 2.16. The second-order valence-electron chi connectivity index (χ2n) is 7.25. The molecule has 0 aromatic heterocycles. The second-order valence-corrected chi connectivity index (χ2v) is 7.25. The molecule has 0 aliphatic heterocycles. The average molecular weight is 339 g/mol. The van der Waals surface area contributed by atoms with Crippen LogP contribution in [0.1, 0.15) is 80.7 Å². The summed E-state index contributed by atoms with van der Waals surface area (Å²) in [5.74, 6) is 0.742. The van der Waals surface area contributed by atoms with E-state index in [1.165, 1.54) is 37.7 Å². The zero-order chi connectivity index (χ0) is 18.2. The first-order chi connectivity index (χ1) is 12.1. The normalized spacial score (nSPS) is 12.3. The smallest absolute Gasteiger partial charge is 0.119 e. The molecule has 0 bridgehead atoms.